The molecule has 0 heterocycles. The summed E-state index contributed by atoms with van der Waals surface area (Å²) >= 11 is 0. The molecule has 10 heteroatoms. The molecule has 0 bridgehead atoms. The van der Waals surface area contributed by atoms with E-state index in [4.69, 9.17) is 4.74 Å². The van der Waals surface area contributed by atoms with Gasteiger partial charge < -0.3 is 25.0 Å². The second-order valence-electron chi connectivity index (χ2n) is 6.53. The molecule has 0 aliphatic carbocycles. The number of aliphatic imine (C=N–C) groups is 1. The first-order valence-electron chi connectivity index (χ1n) is 9.21. The Balaban J connectivity index is 0.00000480. The Bertz CT molecular complexity index is 877. The maximum absolute atomic E-state index is 12.6. The number of carbonyl (C=O) groups is 1. The highest BCUT2D eigenvalue weighted by Crippen LogP contribution is 2.25. The van der Waals surface area contributed by atoms with Gasteiger partial charge >= 0.3 is 6.61 Å². The predicted octanol–water partition coefficient (Wildman–Crippen LogP) is 3.48. The molecule has 0 aliphatic rings. The van der Waals surface area contributed by atoms with Crippen molar-refractivity contribution in [2.24, 2.45) is 4.99 Å². The number of nitrogens with one attached hydrogen (secondary N) is 2. The fourth-order valence-corrected chi connectivity index (χ4v) is 2.64. The van der Waals surface area contributed by atoms with Crippen LogP contribution in [0.3, 0.4) is 0 Å². The summed E-state index contributed by atoms with van der Waals surface area (Å²) < 4.78 is 35.0. The molecule has 0 aliphatic heterocycles. The number of benzene rings is 2. The summed E-state index contributed by atoms with van der Waals surface area (Å²) in [6.07, 6.45) is 0. The van der Waals surface area contributed by atoms with Gasteiger partial charge in [0.05, 0.1) is 7.11 Å². The molecule has 0 aromatic heterocycles. The normalized spacial score (nSPS) is 10.9. The van der Waals surface area contributed by atoms with Crippen LogP contribution in [0.15, 0.2) is 47.5 Å². The molecule has 0 saturated heterocycles. The zero-order valence-electron chi connectivity index (χ0n) is 17.8. The van der Waals surface area contributed by atoms with Crippen molar-refractivity contribution in [3.63, 3.8) is 0 Å². The molecular formula is C21H27F2IN4O3. The van der Waals surface area contributed by atoms with Gasteiger partial charge in [-0.3, -0.25) is 9.79 Å². The third-order valence-electron chi connectivity index (χ3n) is 4.22. The van der Waals surface area contributed by atoms with Gasteiger partial charge in [-0.25, -0.2) is 0 Å². The Hall–Kier alpha value is -2.63. The van der Waals surface area contributed by atoms with Gasteiger partial charge in [0.2, 0.25) is 0 Å². The molecule has 0 radical (unpaired) electrons. The summed E-state index contributed by atoms with van der Waals surface area (Å²) in [7, 11) is 6.51. The van der Waals surface area contributed by atoms with Crippen molar-refractivity contribution in [1.29, 1.82) is 0 Å². The fourth-order valence-electron chi connectivity index (χ4n) is 2.64. The average Bonchev–Trinajstić information content (AvgIpc) is 2.74. The molecule has 2 rings (SSSR count). The highest BCUT2D eigenvalue weighted by Gasteiger charge is 2.12. The summed E-state index contributed by atoms with van der Waals surface area (Å²) in [5.74, 6) is 1.01. The Morgan fingerprint density at radius 2 is 1.74 bits per heavy atom. The van der Waals surface area contributed by atoms with Crippen molar-refractivity contribution in [3.05, 3.63) is 59.2 Å². The van der Waals surface area contributed by atoms with Crippen molar-refractivity contribution in [2.45, 2.75) is 19.7 Å². The highest BCUT2D eigenvalue weighted by atomic mass is 127. The van der Waals surface area contributed by atoms with Crippen LogP contribution in [0.5, 0.6) is 11.5 Å². The largest absolute Gasteiger partial charge is 0.497 e. The van der Waals surface area contributed by atoms with Crippen LogP contribution in [-0.4, -0.2) is 51.6 Å². The van der Waals surface area contributed by atoms with Crippen LogP contribution in [0.2, 0.25) is 0 Å². The van der Waals surface area contributed by atoms with Crippen LogP contribution in [0, 0.1) is 0 Å². The minimum atomic E-state index is -2.92. The van der Waals surface area contributed by atoms with Gasteiger partial charge in [0, 0.05) is 45.4 Å². The summed E-state index contributed by atoms with van der Waals surface area (Å²) in [5, 5.41) is 6.20. The number of alkyl halides is 2. The van der Waals surface area contributed by atoms with Gasteiger partial charge in [0.15, 0.2) is 5.96 Å². The van der Waals surface area contributed by atoms with E-state index in [9.17, 15) is 13.6 Å². The third-order valence-corrected chi connectivity index (χ3v) is 4.22. The molecule has 2 aromatic rings. The number of carbonyl (C=O) groups excluding carboxylic acids is 1. The lowest BCUT2D eigenvalue weighted by atomic mass is 10.1. The second kappa shape index (κ2) is 12.9. The van der Waals surface area contributed by atoms with E-state index in [-0.39, 0.29) is 42.2 Å². The van der Waals surface area contributed by atoms with E-state index in [0.29, 0.717) is 29.4 Å². The van der Waals surface area contributed by atoms with Gasteiger partial charge in [-0.2, -0.15) is 8.78 Å². The van der Waals surface area contributed by atoms with Crippen LogP contribution in [0.1, 0.15) is 21.5 Å². The van der Waals surface area contributed by atoms with E-state index in [2.05, 4.69) is 20.4 Å². The Morgan fingerprint density at radius 1 is 1.10 bits per heavy atom. The molecule has 0 unspecified atom stereocenters. The van der Waals surface area contributed by atoms with Gasteiger partial charge in [0.1, 0.15) is 11.5 Å². The number of methoxy groups -OCH3 is 1. The van der Waals surface area contributed by atoms with Crippen molar-refractivity contribution in [2.75, 3.05) is 28.3 Å². The first kappa shape index (κ1) is 26.4. The summed E-state index contributed by atoms with van der Waals surface area (Å²) in [6.45, 7) is -2.25. The number of hydrogen-bond donors (Lipinski definition) is 2. The summed E-state index contributed by atoms with van der Waals surface area (Å²) in [4.78, 5) is 17.6. The second-order valence-corrected chi connectivity index (χ2v) is 6.53. The minimum Gasteiger partial charge on any atom is -0.497 e. The quantitative estimate of drug-likeness (QED) is 0.300. The number of rotatable bonds is 8. The number of hydrogen-bond acceptors (Lipinski definition) is 4. The summed E-state index contributed by atoms with van der Waals surface area (Å²) in [5.41, 5.74) is 2.07. The molecule has 2 aromatic carbocycles. The predicted molar refractivity (Wildman–Crippen MR) is 127 cm³/mol. The number of halogens is 3. The van der Waals surface area contributed by atoms with Crippen LogP contribution in [-0.2, 0) is 13.1 Å². The molecule has 0 fully saturated rings. The molecule has 170 valence electrons. The zero-order chi connectivity index (χ0) is 22.1. The van der Waals surface area contributed by atoms with Gasteiger partial charge in [-0.15, -0.1) is 24.0 Å². The van der Waals surface area contributed by atoms with Crippen molar-refractivity contribution in [3.8, 4) is 11.5 Å². The molecule has 1 amide bonds. The molecular weight excluding hydrogens is 521 g/mol. The van der Waals surface area contributed by atoms with Crippen molar-refractivity contribution < 1.29 is 23.0 Å². The van der Waals surface area contributed by atoms with E-state index < -0.39 is 6.61 Å². The first-order valence-corrected chi connectivity index (χ1v) is 9.21. The maximum atomic E-state index is 12.6. The fraction of sp³-hybridized carbons (Fsp3) is 0.333. The first-order chi connectivity index (χ1) is 14.3. The number of ether oxygens (including phenoxy) is 2. The molecule has 0 atom stereocenters. The highest BCUT2D eigenvalue weighted by molar-refractivity contribution is 14.0. The lowest BCUT2D eigenvalue weighted by Gasteiger charge is -2.16. The SMILES string of the molecule is CN=C(NCc1ccc(C(=O)N(C)C)cc1)NCc1cc(OC)ccc1OC(F)F.I. The number of nitrogens with zero attached hydrogens (tertiary/aromatic N) is 2. The van der Waals surface area contributed by atoms with Crippen LogP contribution in [0.4, 0.5) is 8.78 Å². The standard InChI is InChI=1S/C21H26F2N4O3.HI/c1-24-21(25-12-14-5-7-15(8-6-14)19(28)27(2)3)26-13-16-11-17(29-4)9-10-18(16)30-20(22)23;/h5-11,20H,12-13H2,1-4H3,(H2,24,25,26);1H. The Labute approximate surface area is 197 Å². The van der Waals surface area contributed by atoms with E-state index in [1.807, 2.05) is 12.1 Å². The lowest BCUT2D eigenvalue weighted by molar-refractivity contribution is -0.0505. The molecule has 0 saturated carbocycles. The molecule has 0 spiro atoms. The number of guanidine groups is 1. The van der Waals surface area contributed by atoms with E-state index in [0.717, 1.165) is 5.56 Å². The van der Waals surface area contributed by atoms with E-state index >= 15 is 0 Å². The zero-order valence-corrected chi connectivity index (χ0v) is 20.1. The van der Waals surface area contributed by atoms with Gasteiger partial charge in [-0.1, -0.05) is 12.1 Å². The number of amides is 1. The van der Waals surface area contributed by atoms with Crippen molar-refractivity contribution in [1.82, 2.24) is 15.5 Å². The average molecular weight is 548 g/mol. The molecule has 2 N–H and O–H groups in total. The van der Waals surface area contributed by atoms with Crippen LogP contribution >= 0.6 is 24.0 Å². The smallest absolute Gasteiger partial charge is 0.387 e. The maximum Gasteiger partial charge on any atom is 0.387 e. The van der Waals surface area contributed by atoms with Gasteiger partial charge in [0.25, 0.3) is 5.91 Å². The van der Waals surface area contributed by atoms with Gasteiger partial charge in [-0.05, 0) is 35.9 Å². The Morgan fingerprint density at radius 3 is 2.29 bits per heavy atom. The lowest BCUT2D eigenvalue weighted by Crippen LogP contribution is -2.36. The van der Waals surface area contributed by atoms with Crippen LogP contribution < -0.4 is 20.1 Å². The molecule has 31 heavy (non-hydrogen) atoms. The van der Waals surface area contributed by atoms with Crippen molar-refractivity contribution >= 4 is 35.8 Å². The minimum absolute atomic E-state index is 0. The monoisotopic (exact) mass is 548 g/mol. The van der Waals surface area contributed by atoms with E-state index in [1.54, 1.807) is 45.4 Å². The Kier molecular flexibility index (Phi) is 11.0. The third kappa shape index (κ3) is 8.19. The van der Waals surface area contributed by atoms with Crippen LogP contribution in [0.25, 0.3) is 0 Å². The van der Waals surface area contributed by atoms with E-state index in [1.165, 1.54) is 18.1 Å². The topological polar surface area (TPSA) is 75.2 Å². The molecule has 7 nitrogen and oxygen atoms in total. The summed E-state index contributed by atoms with van der Waals surface area (Å²) in [6, 6.07) is 11.9.